The molecule has 6 aromatic carbocycles. The molecule has 12 N–H and O–H groups in total. The normalized spacial score (nSPS) is 10.2. The molecular weight excluding hydrogens is 997 g/mol. The van der Waals surface area contributed by atoms with Gasteiger partial charge >= 0.3 is 36.2 Å². The number of nitrogens with zero attached hydrogens (tertiary/aromatic N) is 6. The van der Waals surface area contributed by atoms with E-state index in [1.54, 1.807) is 109 Å². The molecule has 0 saturated carbocycles. The van der Waals surface area contributed by atoms with Gasteiger partial charge in [-0.3, -0.25) is 31.9 Å². The minimum Gasteiger partial charge on any atom is -0.308 e. The molecule has 7 aromatic rings. The molecule has 78 heavy (non-hydrogen) atoms. The van der Waals surface area contributed by atoms with E-state index < -0.39 is 71.9 Å². The molecule has 0 aliphatic rings. The minimum absolute atomic E-state index is 0.403. The molecule has 0 fully saturated rings. The first-order valence-electron chi connectivity index (χ1n) is 23.8. The van der Waals surface area contributed by atoms with Crippen LogP contribution in [0.1, 0.15) is 33.4 Å². The summed E-state index contributed by atoms with van der Waals surface area (Å²) >= 11 is 0. The Balaban J connectivity index is 1.34. The van der Waals surface area contributed by atoms with Crippen molar-refractivity contribution in [3.8, 4) is 0 Å². The quantitative estimate of drug-likeness (QED) is 0.0483. The Bertz CT molecular complexity index is 2930. The molecule has 0 aliphatic heterocycles. The fourth-order valence-corrected chi connectivity index (χ4v) is 7.01. The van der Waals surface area contributed by atoms with E-state index in [-0.39, 0.29) is 0 Å². The standard InChI is InChI=1S/C54H54N18O6/c1-31-13-7-19-37(25-31)55-49(73)67-46(68-50(74)56-38-20-8-14-32(2)26-38)64-43-61-44(65-47(69-51(75)57-39-21-9-15-33(3)27-39)70-52(76)58-40-22-10-16-34(4)28-40)63-45(62-43)66-48(71-53(77)59-41-23-11-17-35(5)29-41)72-54(78)60-42-24-12-18-36(6)30-42/h7-30H,1-6H3,(H12,55,56,57,58,59,60,61,62,63,64,65,66,67,68,69,70,71,72,73,74,75,76,77,78). The average Bonchev–Trinajstić information content (AvgIpc) is 3.34. The number of anilines is 6. The van der Waals surface area contributed by atoms with Crippen molar-refractivity contribution in [2.45, 2.75) is 41.5 Å². The lowest BCUT2D eigenvalue weighted by Crippen LogP contribution is -2.47. The van der Waals surface area contributed by atoms with Crippen molar-refractivity contribution < 1.29 is 28.8 Å². The number of carbonyl (C=O) groups is 6. The van der Waals surface area contributed by atoms with Gasteiger partial charge in [-0.2, -0.15) is 29.9 Å². The Morgan fingerprint density at radius 2 is 0.449 bits per heavy atom. The number of rotatable bonds is 9. The van der Waals surface area contributed by atoms with Crippen LogP contribution in [0.5, 0.6) is 0 Å². The lowest BCUT2D eigenvalue weighted by atomic mass is 10.2. The molecular formula is C54H54N18O6. The van der Waals surface area contributed by atoms with Crippen molar-refractivity contribution in [3.05, 3.63) is 179 Å². The molecule has 0 spiro atoms. The van der Waals surface area contributed by atoms with Gasteiger partial charge in [0.2, 0.25) is 17.9 Å². The van der Waals surface area contributed by atoms with Crippen LogP contribution < -0.4 is 63.8 Å². The van der Waals surface area contributed by atoms with Gasteiger partial charge in [-0.25, -0.2) is 28.8 Å². The van der Waals surface area contributed by atoms with Gasteiger partial charge in [-0.15, -0.1) is 0 Å². The van der Waals surface area contributed by atoms with Gasteiger partial charge in [-0.05, 0) is 148 Å². The summed E-state index contributed by atoms with van der Waals surface area (Å²) in [6, 6.07) is 36.4. The molecule has 12 amide bonds. The monoisotopic (exact) mass is 1050 g/mol. The van der Waals surface area contributed by atoms with Crippen molar-refractivity contribution >= 4 is 106 Å². The molecule has 7 rings (SSSR count). The number of aryl methyl sites for hydroxylation is 6. The van der Waals surface area contributed by atoms with Crippen LogP contribution in [-0.4, -0.2) is 69.0 Å². The number of nitrogens with one attached hydrogen (secondary N) is 12. The number of urea groups is 6. The van der Waals surface area contributed by atoms with Crippen LogP contribution in [0.15, 0.2) is 161 Å². The predicted octanol–water partition coefficient (Wildman–Crippen LogP) is 9.61. The Morgan fingerprint density at radius 1 is 0.282 bits per heavy atom. The Hall–Kier alpha value is -11.0. The first-order valence-corrected chi connectivity index (χ1v) is 23.8. The second-order valence-corrected chi connectivity index (χ2v) is 17.3. The zero-order valence-corrected chi connectivity index (χ0v) is 43.0. The summed E-state index contributed by atoms with van der Waals surface area (Å²) in [5, 5.41) is 31.0. The molecule has 1 heterocycles. The molecule has 24 nitrogen and oxygen atoms in total. The summed E-state index contributed by atoms with van der Waals surface area (Å²) < 4.78 is 0. The predicted molar refractivity (Wildman–Crippen MR) is 301 cm³/mol. The van der Waals surface area contributed by atoms with Gasteiger partial charge < -0.3 is 31.9 Å². The molecule has 0 bridgehead atoms. The second kappa shape index (κ2) is 26.3. The molecule has 24 heteroatoms. The van der Waals surface area contributed by atoms with Crippen molar-refractivity contribution in [3.63, 3.8) is 0 Å². The number of aliphatic imine (C=N–C) groups is 3. The maximum Gasteiger partial charge on any atom is 0.326 e. The highest BCUT2D eigenvalue weighted by Gasteiger charge is 2.19. The Kier molecular flexibility index (Phi) is 18.4. The lowest BCUT2D eigenvalue weighted by Gasteiger charge is -2.14. The van der Waals surface area contributed by atoms with E-state index in [2.05, 4.69) is 93.7 Å². The van der Waals surface area contributed by atoms with E-state index in [9.17, 15) is 28.8 Å². The third-order valence-electron chi connectivity index (χ3n) is 10.3. The number of aromatic nitrogens is 3. The fraction of sp³-hybridized carbons (Fsp3) is 0.111. The van der Waals surface area contributed by atoms with E-state index in [0.717, 1.165) is 33.4 Å². The molecule has 1 aromatic heterocycles. The molecule has 0 unspecified atom stereocenters. The third-order valence-corrected chi connectivity index (χ3v) is 10.3. The summed E-state index contributed by atoms with van der Waals surface area (Å²) in [6.07, 6.45) is 0. The fourth-order valence-electron chi connectivity index (χ4n) is 7.01. The van der Waals surface area contributed by atoms with E-state index in [1.807, 2.05) is 77.9 Å². The molecule has 0 atom stereocenters. The van der Waals surface area contributed by atoms with Crippen molar-refractivity contribution in [1.82, 2.24) is 46.9 Å². The van der Waals surface area contributed by atoms with Crippen LogP contribution >= 0.6 is 0 Å². The largest absolute Gasteiger partial charge is 0.326 e. The van der Waals surface area contributed by atoms with Crippen LogP contribution in [0.3, 0.4) is 0 Å². The number of guanidine groups is 3. The zero-order valence-electron chi connectivity index (χ0n) is 43.0. The minimum atomic E-state index is -0.856. The highest BCUT2D eigenvalue weighted by atomic mass is 16.2. The average molecular weight is 1050 g/mol. The molecule has 0 aliphatic carbocycles. The van der Waals surface area contributed by atoms with Crippen LogP contribution in [0.25, 0.3) is 0 Å². The summed E-state index contributed by atoms with van der Waals surface area (Å²) in [7, 11) is 0. The number of hydrogen-bond acceptors (Lipinski definition) is 12. The van der Waals surface area contributed by atoms with E-state index in [0.29, 0.717) is 34.1 Å². The number of benzene rings is 6. The summed E-state index contributed by atoms with van der Waals surface area (Å²) in [6.45, 7) is 11.0. The lowest BCUT2D eigenvalue weighted by molar-refractivity contribution is 0.252. The van der Waals surface area contributed by atoms with Gasteiger partial charge in [0.25, 0.3) is 17.8 Å². The van der Waals surface area contributed by atoms with Gasteiger partial charge in [0.1, 0.15) is 0 Å². The van der Waals surface area contributed by atoms with Gasteiger partial charge in [0.05, 0.1) is 0 Å². The summed E-state index contributed by atoms with van der Waals surface area (Å²) in [5.41, 5.74) is 7.48. The highest BCUT2D eigenvalue weighted by molar-refractivity contribution is 6.12. The first kappa shape index (κ1) is 54.7. The highest BCUT2D eigenvalue weighted by Crippen LogP contribution is 2.19. The Labute approximate surface area is 447 Å². The second-order valence-electron chi connectivity index (χ2n) is 17.3. The number of amides is 12. The van der Waals surface area contributed by atoms with Gasteiger partial charge in [0, 0.05) is 34.1 Å². The van der Waals surface area contributed by atoms with E-state index in [4.69, 9.17) is 0 Å². The maximum absolute atomic E-state index is 13.6. The van der Waals surface area contributed by atoms with Crippen LogP contribution in [-0.2, 0) is 0 Å². The number of hydrogen-bond donors (Lipinski definition) is 12. The maximum atomic E-state index is 13.6. The zero-order chi connectivity index (χ0) is 55.6. The van der Waals surface area contributed by atoms with Crippen molar-refractivity contribution in [2.75, 3.05) is 31.9 Å². The van der Waals surface area contributed by atoms with Crippen molar-refractivity contribution in [2.24, 2.45) is 15.0 Å². The van der Waals surface area contributed by atoms with Gasteiger partial charge in [0.15, 0.2) is 0 Å². The molecule has 0 radical (unpaired) electrons. The SMILES string of the molecule is Cc1cccc(NC(=O)NC(=Nc2nc(N=C(NC(=O)Nc3cccc(C)c3)NC(=O)Nc3cccc(C)c3)nc(N=C(NC(=O)Nc3cccc(C)c3)NC(=O)Nc3cccc(C)c3)n2)NC(=O)Nc2cccc(C)c2)c1. The van der Waals surface area contributed by atoms with Crippen LogP contribution in [0.2, 0.25) is 0 Å². The van der Waals surface area contributed by atoms with Crippen LogP contribution in [0.4, 0.5) is 80.7 Å². The topological polar surface area (TPSA) is 323 Å². The smallest absolute Gasteiger partial charge is 0.308 e. The molecule has 396 valence electrons. The third kappa shape index (κ3) is 18.2. The summed E-state index contributed by atoms with van der Waals surface area (Å²) in [4.78, 5) is 108. The van der Waals surface area contributed by atoms with E-state index in [1.165, 1.54) is 0 Å². The first-order chi connectivity index (χ1) is 37.4. The summed E-state index contributed by atoms with van der Waals surface area (Å²) in [5.74, 6) is -3.45. The van der Waals surface area contributed by atoms with Gasteiger partial charge in [-0.1, -0.05) is 72.8 Å². The van der Waals surface area contributed by atoms with Crippen molar-refractivity contribution in [1.29, 1.82) is 0 Å². The van der Waals surface area contributed by atoms with Crippen LogP contribution in [0, 0.1) is 41.5 Å². The molecule has 0 saturated heterocycles. The number of carbonyl (C=O) groups excluding carboxylic acids is 6. The Morgan fingerprint density at radius 3 is 0.603 bits per heavy atom. The van der Waals surface area contributed by atoms with E-state index >= 15 is 0 Å².